The zero-order chi connectivity index (χ0) is 7.28. The van der Waals surface area contributed by atoms with Crippen LogP contribution in [-0.2, 0) is 9.53 Å². The van der Waals surface area contributed by atoms with Gasteiger partial charge in [-0.15, -0.1) is 0 Å². The van der Waals surface area contributed by atoms with Crippen LogP contribution in [-0.4, -0.2) is 24.9 Å². The maximum absolute atomic E-state index is 10.5. The zero-order valence-corrected chi connectivity index (χ0v) is 5.89. The van der Waals surface area contributed by atoms with Crippen molar-refractivity contribution in [3.05, 3.63) is 11.4 Å². The summed E-state index contributed by atoms with van der Waals surface area (Å²) in [6.07, 6.45) is 0. The van der Waals surface area contributed by atoms with Crippen LogP contribution >= 0.6 is 12.6 Å². The standard InChI is InChI=1S/C5H7NO2S/c1-6-4(3-9)5(7)8-2/h4,9H,3H2,2H3. The van der Waals surface area contributed by atoms with E-state index in [1.807, 2.05) is 0 Å². The van der Waals surface area contributed by atoms with Crippen molar-refractivity contribution in [3.63, 3.8) is 0 Å². The van der Waals surface area contributed by atoms with Crippen LogP contribution in [0.15, 0.2) is 0 Å². The van der Waals surface area contributed by atoms with E-state index in [1.165, 1.54) is 7.11 Å². The number of esters is 1. The number of nitrogens with zero attached hydrogens (tertiary/aromatic N) is 1. The lowest BCUT2D eigenvalue weighted by atomic mass is 10.4. The number of ether oxygens (including phenoxy) is 1. The Morgan fingerprint density at radius 3 is 2.67 bits per heavy atom. The van der Waals surface area contributed by atoms with E-state index >= 15 is 0 Å². The molecule has 0 aliphatic carbocycles. The minimum absolute atomic E-state index is 0.218. The van der Waals surface area contributed by atoms with Crippen molar-refractivity contribution in [1.82, 2.24) is 0 Å². The van der Waals surface area contributed by atoms with Crippen molar-refractivity contribution in [3.8, 4) is 0 Å². The summed E-state index contributed by atoms with van der Waals surface area (Å²) in [5.41, 5.74) is 0. The summed E-state index contributed by atoms with van der Waals surface area (Å²) in [5.74, 6) is -0.295. The predicted molar refractivity (Wildman–Crippen MR) is 36.3 cm³/mol. The maximum Gasteiger partial charge on any atom is 0.390 e. The Labute approximate surface area is 59.2 Å². The molecule has 0 saturated heterocycles. The molecule has 9 heavy (non-hydrogen) atoms. The summed E-state index contributed by atoms with van der Waals surface area (Å²) in [6.45, 7) is 6.47. The first kappa shape index (κ1) is 8.31. The molecule has 4 heteroatoms. The molecular weight excluding hydrogens is 138 g/mol. The summed E-state index contributed by atoms with van der Waals surface area (Å²) < 4.78 is 4.29. The molecule has 3 nitrogen and oxygen atoms in total. The van der Waals surface area contributed by atoms with Crippen LogP contribution in [0.3, 0.4) is 0 Å². The maximum atomic E-state index is 10.5. The highest BCUT2D eigenvalue weighted by atomic mass is 32.1. The molecule has 0 fully saturated rings. The molecular formula is C5H7NO2S. The van der Waals surface area contributed by atoms with E-state index in [0.29, 0.717) is 0 Å². The van der Waals surface area contributed by atoms with Crippen molar-refractivity contribution in [2.75, 3.05) is 12.9 Å². The van der Waals surface area contributed by atoms with Gasteiger partial charge in [0.2, 0.25) is 0 Å². The molecule has 0 aromatic carbocycles. The third-order valence-electron chi connectivity index (χ3n) is 0.802. The molecule has 0 N–H and O–H groups in total. The molecule has 0 saturated carbocycles. The number of carbonyl (C=O) groups is 1. The van der Waals surface area contributed by atoms with E-state index in [-0.39, 0.29) is 5.75 Å². The van der Waals surface area contributed by atoms with Crippen molar-refractivity contribution >= 4 is 18.6 Å². The molecule has 0 amide bonds. The van der Waals surface area contributed by atoms with E-state index in [4.69, 9.17) is 6.57 Å². The average Bonchev–Trinajstić information content (AvgIpc) is 1.90. The Morgan fingerprint density at radius 2 is 2.56 bits per heavy atom. The van der Waals surface area contributed by atoms with Crippen molar-refractivity contribution in [2.24, 2.45) is 0 Å². The zero-order valence-electron chi connectivity index (χ0n) is 5.00. The van der Waals surface area contributed by atoms with Crippen LogP contribution in [0.1, 0.15) is 0 Å². The minimum atomic E-state index is -0.738. The predicted octanol–water partition coefficient (Wildman–Crippen LogP) is 0.377. The summed E-state index contributed by atoms with van der Waals surface area (Å²) in [4.78, 5) is 13.5. The number of methoxy groups -OCH3 is 1. The number of rotatable bonds is 2. The first-order valence-corrected chi connectivity index (χ1v) is 2.94. The summed E-state index contributed by atoms with van der Waals surface area (Å²) >= 11 is 3.77. The molecule has 0 rings (SSSR count). The van der Waals surface area contributed by atoms with Gasteiger partial charge in [0.15, 0.2) is 0 Å². The highest BCUT2D eigenvalue weighted by Crippen LogP contribution is 1.95. The lowest BCUT2D eigenvalue weighted by Gasteiger charge is -1.96. The molecule has 0 aromatic heterocycles. The second-order valence-electron chi connectivity index (χ2n) is 1.35. The van der Waals surface area contributed by atoms with Crippen molar-refractivity contribution in [2.45, 2.75) is 6.04 Å². The molecule has 0 aliphatic rings. The summed E-state index contributed by atoms with van der Waals surface area (Å²) in [5, 5.41) is 0. The average molecular weight is 145 g/mol. The van der Waals surface area contributed by atoms with E-state index in [0.717, 1.165) is 0 Å². The fourth-order valence-electron chi connectivity index (χ4n) is 0.304. The van der Waals surface area contributed by atoms with E-state index in [1.54, 1.807) is 0 Å². The van der Waals surface area contributed by atoms with Gasteiger partial charge < -0.3 is 9.58 Å². The Kier molecular flexibility index (Phi) is 3.89. The lowest BCUT2D eigenvalue weighted by molar-refractivity contribution is -0.140. The van der Waals surface area contributed by atoms with Crippen LogP contribution in [0.25, 0.3) is 4.85 Å². The Morgan fingerprint density at radius 1 is 2.00 bits per heavy atom. The molecule has 0 radical (unpaired) electrons. The first-order valence-electron chi connectivity index (χ1n) is 2.31. The molecule has 1 atom stereocenters. The normalized spacial score (nSPS) is 11.7. The van der Waals surface area contributed by atoms with Gasteiger partial charge in [-0.3, -0.25) is 0 Å². The van der Waals surface area contributed by atoms with Gasteiger partial charge in [-0.25, -0.2) is 11.4 Å². The molecule has 0 aliphatic heterocycles. The topological polar surface area (TPSA) is 30.7 Å². The number of hydrogen-bond donors (Lipinski definition) is 1. The lowest BCUT2D eigenvalue weighted by Crippen LogP contribution is -2.19. The van der Waals surface area contributed by atoms with Crippen LogP contribution in [0, 0.1) is 6.57 Å². The van der Waals surface area contributed by atoms with E-state index in [2.05, 4.69) is 22.2 Å². The van der Waals surface area contributed by atoms with Crippen LogP contribution in [0.2, 0.25) is 0 Å². The van der Waals surface area contributed by atoms with Gasteiger partial charge in [0.1, 0.15) is 0 Å². The number of carbonyl (C=O) groups excluding carboxylic acids is 1. The van der Waals surface area contributed by atoms with Crippen LogP contribution in [0.5, 0.6) is 0 Å². The van der Waals surface area contributed by atoms with E-state index in [9.17, 15) is 4.79 Å². The van der Waals surface area contributed by atoms with Gasteiger partial charge in [0, 0.05) is 0 Å². The second kappa shape index (κ2) is 4.21. The van der Waals surface area contributed by atoms with Gasteiger partial charge in [-0.05, 0) is 0 Å². The van der Waals surface area contributed by atoms with Gasteiger partial charge >= 0.3 is 12.0 Å². The van der Waals surface area contributed by atoms with Gasteiger partial charge in [-0.2, -0.15) is 12.6 Å². The van der Waals surface area contributed by atoms with Crippen molar-refractivity contribution < 1.29 is 9.53 Å². The smallest absolute Gasteiger partial charge is 0.390 e. The molecule has 0 heterocycles. The SMILES string of the molecule is [C-]#[N+]C(CS)C(=O)OC. The minimum Gasteiger partial charge on any atom is -0.463 e. The Hall–Kier alpha value is -0.690. The molecule has 50 valence electrons. The van der Waals surface area contributed by atoms with Crippen LogP contribution in [0.4, 0.5) is 0 Å². The summed E-state index contributed by atoms with van der Waals surface area (Å²) in [6, 6.07) is -0.738. The molecule has 0 spiro atoms. The van der Waals surface area contributed by atoms with Crippen molar-refractivity contribution in [1.29, 1.82) is 0 Å². The second-order valence-corrected chi connectivity index (χ2v) is 1.72. The first-order chi connectivity index (χ1) is 4.26. The number of hydrogen-bond acceptors (Lipinski definition) is 3. The third kappa shape index (κ3) is 2.38. The Balaban J connectivity index is 3.84. The highest BCUT2D eigenvalue weighted by molar-refractivity contribution is 7.80. The van der Waals surface area contributed by atoms with Gasteiger partial charge in [0.25, 0.3) is 0 Å². The third-order valence-corrected chi connectivity index (χ3v) is 1.15. The summed E-state index contributed by atoms with van der Waals surface area (Å²) in [7, 11) is 1.25. The fourth-order valence-corrected chi connectivity index (χ4v) is 0.535. The molecule has 0 aromatic rings. The fraction of sp³-hybridized carbons (Fsp3) is 0.600. The molecule has 1 unspecified atom stereocenters. The number of thiol groups is 1. The largest absolute Gasteiger partial charge is 0.463 e. The van der Waals surface area contributed by atoms with E-state index < -0.39 is 12.0 Å². The Bertz CT molecular complexity index is 140. The van der Waals surface area contributed by atoms with Crippen LogP contribution < -0.4 is 0 Å². The van der Waals surface area contributed by atoms with Gasteiger partial charge in [0.05, 0.1) is 12.9 Å². The quantitative estimate of drug-likeness (QED) is 0.346. The van der Waals surface area contributed by atoms with Gasteiger partial charge in [-0.1, -0.05) is 0 Å². The molecule has 0 bridgehead atoms. The monoisotopic (exact) mass is 145 g/mol. The highest BCUT2D eigenvalue weighted by Gasteiger charge is 2.21.